The van der Waals surface area contributed by atoms with Crippen LogP contribution in [0.15, 0.2) is 57.4 Å². The van der Waals surface area contributed by atoms with Gasteiger partial charge in [0.05, 0.1) is 12.0 Å². The maximum atomic E-state index is 11.4. The Morgan fingerprint density at radius 2 is 1.91 bits per heavy atom. The Balaban J connectivity index is 2.53. The van der Waals surface area contributed by atoms with Gasteiger partial charge in [0, 0.05) is 17.4 Å². The minimum Gasteiger partial charge on any atom is -0.495 e. The molecule has 0 bridgehead atoms. The number of ether oxygens (including phenoxy) is 2. The predicted octanol–water partition coefficient (Wildman–Crippen LogP) is 4.04. The van der Waals surface area contributed by atoms with Crippen LogP contribution in [0.25, 0.3) is 0 Å². The van der Waals surface area contributed by atoms with Gasteiger partial charge in [0.1, 0.15) is 12.3 Å². The number of hydrogen-bond donors (Lipinski definition) is 0. The second-order valence-electron chi connectivity index (χ2n) is 4.38. The molecule has 0 spiro atoms. The third kappa shape index (κ3) is 3.85. The molecule has 5 nitrogen and oxygen atoms in total. The van der Waals surface area contributed by atoms with E-state index >= 15 is 0 Å². The van der Waals surface area contributed by atoms with Crippen molar-refractivity contribution in [1.82, 2.24) is 0 Å². The summed E-state index contributed by atoms with van der Waals surface area (Å²) < 4.78 is 10.7. The van der Waals surface area contributed by atoms with Gasteiger partial charge in [-0.1, -0.05) is 35.1 Å². The van der Waals surface area contributed by atoms with Crippen molar-refractivity contribution in [3.63, 3.8) is 0 Å². The first-order chi connectivity index (χ1) is 10.7. The smallest absolute Gasteiger partial charge is 0.308 e. The lowest BCUT2D eigenvalue weighted by Crippen LogP contribution is -2.06. The van der Waals surface area contributed by atoms with Crippen LogP contribution in [-0.2, 0) is 11.3 Å². The Morgan fingerprint density at radius 3 is 2.50 bits per heavy atom. The molecule has 0 radical (unpaired) electrons. The van der Waals surface area contributed by atoms with Crippen molar-refractivity contribution in [3.8, 4) is 11.5 Å². The highest BCUT2D eigenvalue weighted by Gasteiger charge is 2.18. The molecule has 0 heterocycles. The predicted molar refractivity (Wildman–Crippen MR) is 84.4 cm³/mol. The normalized spacial score (nSPS) is 10.1. The summed E-state index contributed by atoms with van der Waals surface area (Å²) in [6.07, 6.45) is 0. The maximum absolute atomic E-state index is 11.4. The van der Waals surface area contributed by atoms with E-state index in [1.54, 1.807) is 19.2 Å². The number of nitroso groups, excluding NO2 is 1. The molecule has 0 fully saturated rings. The number of hydrogen-bond acceptors (Lipinski definition) is 6. The van der Waals surface area contributed by atoms with E-state index in [4.69, 9.17) is 9.47 Å². The quantitative estimate of drug-likeness (QED) is 0.457. The first kappa shape index (κ1) is 16.0. The Labute approximate surface area is 132 Å². The standard InChI is InChI=1S/C16H15NO4S/c1-11(18)21-15-12(10-17-19)8-9-14(20-2)16(15)22-13-6-4-3-5-7-13/h3-9H,10H2,1-2H3. The van der Waals surface area contributed by atoms with Gasteiger partial charge in [-0.2, -0.15) is 4.91 Å². The van der Waals surface area contributed by atoms with Gasteiger partial charge >= 0.3 is 5.97 Å². The summed E-state index contributed by atoms with van der Waals surface area (Å²) in [5, 5.41) is 2.89. The first-order valence-electron chi connectivity index (χ1n) is 6.56. The third-order valence-corrected chi connectivity index (χ3v) is 3.92. The number of methoxy groups -OCH3 is 1. The van der Waals surface area contributed by atoms with Crippen LogP contribution < -0.4 is 9.47 Å². The summed E-state index contributed by atoms with van der Waals surface area (Å²) in [6, 6.07) is 13.0. The number of esters is 1. The lowest BCUT2D eigenvalue weighted by Gasteiger charge is -2.15. The number of carbonyl (C=O) groups is 1. The molecule has 0 unspecified atom stereocenters. The largest absolute Gasteiger partial charge is 0.495 e. The molecule has 0 aliphatic heterocycles. The van der Waals surface area contributed by atoms with Gasteiger partial charge in [0.15, 0.2) is 5.75 Å². The molecule has 0 aliphatic carbocycles. The zero-order chi connectivity index (χ0) is 15.9. The Kier molecular flexibility index (Phi) is 5.55. The summed E-state index contributed by atoms with van der Waals surface area (Å²) >= 11 is 1.40. The van der Waals surface area contributed by atoms with Gasteiger partial charge in [-0.3, -0.25) is 4.79 Å². The van der Waals surface area contributed by atoms with Crippen LogP contribution in [-0.4, -0.2) is 13.1 Å². The molecule has 114 valence electrons. The van der Waals surface area contributed by atoms with Crippen LogP contribution in [0.1, 0.15) is 12.5 Å². The summed E-state index contributed by atoms with van der Waals surface area (Å²) in [5.74, 6) is 0.426. The lowest BCUT2D eigenvalue weighted by molar-refractivity contribution is -0.132. The zero-order valence-electron chi connectivity index (χ0n) is 12.2. The SMILES string of the molecule is COc1ccc(CN=O)c(OC(C)=O)c1Sc1ccccc1. The van der Waals surface area contributed by atoms with E-state index in [0.29, 0.717) is 22.0 Å². The van der Waals surface area contributed by atoms with Gasteiger partial charge in [-0.15, -0.1) is 0 Å². The summed E-state index contributed by atoms with van der Waals surface area (Å²) in [7, 11) is 1.54. The highest BCUT2D eigenvalue weighted by atomic mass is 32.2. The van der Waals surface area contributed by atoms with Crippen molar-refractivity contribution >= 4 is 17.7 Å². The van der Waals surface area contributed by atoms with Crippen molar-refractivity contribution in [1.29, 1.82) is 0 Å². The molecule has 0 aliphatic rings. The van der Waals surface area contributed by atoms with E-state index in [0.717, 1.165) is 4.90 Å². The molecule has 2 aromatic carbocycles. The lowest BCUT2D eigenvalue weighted by atomic mass is 10.2. The number of carbonyl (C=O) groups excluding carboxylic acids is 1. The van der Waals surface area contributed by atoms with Crippen molar-refractivity contribution in [2.45, 2.75) is 23.3 Å². The highest BCUT2D eigenvalue weighted by Crippen LogP contribution is 2.44. The molecule has 0 saturated carbocycles. The van der Waals surface area contributed by atoms with Crippen molar-refractivity contribution in [2.24, 2.45) is 5.18 Å². The fourth-order valence-electron chi connectivity index (χ4n) is 1.90. The highest BCUT2D eigenvalue weighted by molar-refractivity contribution is 7.99. The number of benzene rings is 2. The monoisotopic (exact) mass is 317 g/mol. The Bertz CT molecular complexity index is 673. The maximum Gasteiger partial charge on any atom is 0.308 e. The van der Waals surface area contributed by atoms with Gasteiger partial charge in [0.2, 0.25) is 0 Å². The minimum absolute atomic E-state index is 0.0744. The van der Waals surface area contributed by atoms with E-state index in [-0.39, 0.29) is 6.54 Å². The van der Waals surface area contributed by atoms with E-state index in [1.807, 2.05) is 30.3 Å². The van der Waals surface area contributed by atoms with Crippen LogP contribution in [0.4, 0.5) is 0 Å². The van der Waals surface area contributed by atoms with Crippen molar-refractivity contribution in [2.75, 3.05) is 7.11 Å². The molecule has 0 N–H and O–H groups in total. The topological polar surface area (TPSA) is 65.0 Å². The Hall–Kier alpha value is -2.34. The second-order valence-corrected chi connectivity index (χ2v) is 5.46. The first-order valence-corrected chi connectivity index (χ1v) is 7.37. The van der Waals surface area contributed by atoms with Gasteiger partial charge in [0.25, 0.3) is 0 Å². The van der Waals surface area contributed by atoms with E-state index in [2.05, 4.69) is 5.18 Å². The van der Waals surface area contributed by atoms with E-state index in [1.165, 1.54) is 18.7 Å². The van der Waals surface area contributed by atoms with Crippen LogP contribution in [0.2, 0.25) is 0 Å². The summed E-state index contributed by atoms with van der Waals surface area (Å²) in [5.41, 5.74) is 0.546. The Morgan fingerprint density at radius 1 is 1.18 bits per heavy atom. The van der Waals surface area contributed by atoms with E-state index < -0.39 is 5.97 Å². The molecule has 6 heteroatoms. The number of rotatable bonds is 6. The molecule has 0 atom stereocenters. The van der Waals surface area contributed by atoms with E-state index in [9.17, 15) is 9.70 Å². The molecule has 0 amide bonds. The van der Waals surface area contributed by atoms with Crippen LogP contribution >= 0.6 is 11.8 Å². The van der Waals surface area contributed by atoms with Crippen molar-refractivity contribution < 1.29 is 14.3 Å². The van der Waals surface area contributed by atoms with Gasteiger partial charge in [-0.25, -0.2) is 0 Å². The second kappa shape index (κ2) is 7.61. The van der Waals surface area contributed by atoms with Gasteiger partial charge < -0.3 is 9.47 Å². The van der Waals surface area contributed by atoms with Crippen LogP contribution in [0, 0.1) is 4.91 Å². The molecule has 0 saturated heterocycles. The van der Waals surface area contributed by atoms with Crippen LogP contribution in [0.3, 0.4) is 0 Å². The van der Waals surface area contributed by atoms with Crippen LogP contribution in [0.5, 0.6) is 11.5 Å². The molecule has 2 rings (SSSR count). The fraction of sp³-hybridized carbons (Fsp3) is 0.188. The third-order valence-electron chi connectivity index (χ3n) is 2.82. The van der Waals surface area contributed by atoms with Gasteiger partial charge in [-0.05, 0) is 24.3 Å². The fourth-order valence-corrected chi connectivity index (χ4v) is 2.95. The molecule has 22 heavy (non-hydrogen) atoms. The molecule has 2 aromatic rings. The summed E-state index contributed by atoms with van der Waals surface area (Å²) in [4.78, 5) is 23.6. The average molecular weight is 317 g/mol. The molecular formula is C16H15NO4S. The number of nitrogens with zero attached hydrogens (tertiary/aromatic N) is 1. The summed E-state index contributed by atoms with van der Waals surface area (Å²) in [6.45, 7) is 1.24. The van der Waals surface area contributed by atoms with Crippen molar-refractivity contribution in [3.05, 3.63) is 52.9 Å². The molecule has 0 aromatic heterocycles. The zero-order valence-corrected chi connectivity index (χ0v) is 13.1. The average Bonchev–Trinajstić information content (AvgIpc) is 2.51. The minimum atomic E-state index is -0.463. The molecular weight excluding hydrogens is 302 g/mol.